The molecule has 0 unspecified atom stereocenters. The standard InChI is InChI=1S/C16H12ClNO3/c1-2-20-16(19)11-5-8-14-13(9-11)18-15(21-14)10-3-6-12(17)7-4-10/h3-9H,2H2,1H3. The number of fused-ring (bicyclic) bond motifs is 1. The number of hydrogen-bond donors (Lipinski definition) is 0. The van der Waals surface area contributed by atoms with Crippen LogP contribution in [0.5, 0.6) is 0 Å². The number of nitrogens with zero attached hydrogens (tertiary/aromatic N) is 1. The van der Waals surface area contributed by atoms with Gasteiger partial charge < -0.3 is 9.15 Å². The normalized spacial score (nSPS) is 10.8. The van der Waals surface area contributed by atoms with Gasteiger partial charge in [-0.1, -0.05) is 11.6 Å². The molecule has 0 N–H and O–H groups in total. The highest BCUT2D eigenvalue weighted by atomic mass is 35.5. The molecule has 0 aliphatic rings. The first-order valence-corrected chi connectivity index (χ1v) is 6.89. The largest absolute Gasteiger partial charge is 0.462 e. The van der Waals surface area contributed by atoms with Gasteiger partial charge in [-0.25, -0.2) is 9.78 Å². The van der Waals surface area contributed by atoms with Crippen molar-refractivity contribution in [1.29, 1.82) is 0 Å². The van der Waals surface area contributed by atoms with E-state index in [4.69, 9.17) is 20.8 Å². The van der Waals surface area contributed by atoms with Gasteiger partial charge in [0.05, 0.1) is 12.2 Å². The lowest BCUT2D eigenvalue weighted by atomic mass is 10.2. The number of oxazole rings is 1. The number of carbonyl (C=O) groups is 1. The van der Waals surface area contributed by atoms with Crippen LogP contribution >= 0.6 is 11.6 Å². The molecule has 21 heavy (non-hydrogen) atoms. The van der Waals surface area contributed by atoms with Crippen LogP contribution in [-0.2, 0) is 4.74 Å². The van der Waals surface area contributed by atoms with Crippen LogP contribution < -0.4 is 0 Å². The van der Waals surface area contributed by atoms with E-state index in [1.165, 1.54) is 0 Å². The Hall–Kier alpha value is -2.33. The van der Waals surface area contributed by atoms with Crippen LogP contribution in [0.15, 0.2) is 46.9 Å². The van der Waals surface area contributed by atoms with E-state index in [0.29, 0.717) is 34.2 Å². The van der Waals surface area contributed by atoms with Gasteiger partial charge in [0.1, 0.15) is 5.52 Å². The van der Waals surface area contributed by atoms with Crippen LogP contribution in [0.2, 0.25) is 5.02 Å². The third-order valence-corrected chi connectivity index (χ3v) is 3.24. The maximum atomic E-state index is 11.7. The smallest absolute Gasteiger partial charge is 0.338 e. The molecule has 0 aliphatic heterocycles. The topological polar surface area (TPSA) is 52.3 Å². The van der Waals surface area contributed by atoms with Crippen molar-refractivity contribution in [3.63, 3.8) is 0 Å². The van der Waals surface area contributed by atoms with Gasteiger partial charge in [-0.2, -0.15) is 0 Å². The van der Waals surface area contributed by atoms with Crippen molar-refractivity contribution in [2.45, 2.75) is 6.92 Å². The maximum absolute atomic E-state index is 11.7. The molecule has 0 radical (unpaired) electrons. The minimum Gasteiger partial charge on any atom is -0.462 e. The van der Waals surface area contributed by atoms with Crippen molar-refractivity contribution in [3.8, 4) is 11.5 Å². The number of rotatable bonds is 3. The van der Waals surface area contributed by atoms with E-state index in [9.17, 15) is 4.79 Å². The third-order valence-electron chi connectivity index (χ3n) is 2.99. The van der Waals surface area contributed by atoms with E-state index in [-0.39, 0.29) is 5.97 Å². The lowest BCUT2D eigenvalue weighted by Crippen LogP contribution is -2.03. The zero-order valence-corrected chi connectivity index (χ0v) is 12.1. The summed E-state index contributed by atoms with van der Waals surface area (Å²) in [5.74, 6) is 0.123. The summed E-state index contributed by atoms with van der Waals surface area (Å²) in [5, 5.41) is 0.652. The van der Waals surface area contributed by atoms with E-state index in [2.05, 4.69) is 4.98 Å². The Bertz CT molecular complexity index is 793. The molecule has 0 saturated heterocycles. The number of aromatic nitrogens is 1. The van der Waals surface area contributed by atoms with Gasteiger partial charge in [0.25, 0.3) is 0 Å². The molecule has 2 aromatic carbocycles. The summed E-state index contributed by atoms with van der Waals surface area (Å²) in [6, 6.07) is 12.3. The Balaban J connectivity index is 2.00. The van der Waals surface area contributed by atoms with Gasteiger partial charge in [0, 0.05) is 10.6 Å². The van der Waals surface area contributed by atoms with Crippen molar-refractivity contribution in [2.24, 2.45) is 0 Å². The van der Waals surface area contributed by atoms with Crippen molar-refractivity contribution >= 4 is 28.7 Å². The highest BCUT2D eigenvalue weighted by Crippen LogP contribution is 2.26. The summed E-state index contributed by atoms with van der Waals surface area (Å²) in [4.78, 5) is 16.1. The minimum absolute atomic E-state index is 0.339. The average molecular weight is 302 g/mol. The maximum Gasteiger partial charge on any atom is 0.338 e. The van der Waals surface area contributed by atoms with Gasteiger partial charge >= 0.3 is 5.97 Å². The fourth-order valence-corrected chi connectivity index (χ4v) is 2.11. The predicted molar refractivity (Wildman–Crippen MR) is 80.4 cm³/mol. The summed E-state index contributed by atoms with van der Waals surface area (Å²) in [7, 11) is 0. The van der Waals surface area contributed by atoms with E-state index < -0.39 is 0 Å². The lowest BCUT2D eigenvalue weighted by molar-refractivity contribution is 0.0526. The molecule has 0 bridgehead atoms. The molecule has 0 saturated carbocycles. The first-order valence-electron chi connectivity index (χ1n) is 6.51. The Morgan fingerprint density at radius 1 is 1.24 bits per heavy atom. The number of hydrogen-bond acceptors (Lipinski definition) is 4. The molecule has 0 fully saturated rings. The quantitative estimate of drug-likeness (QED) is 0.676. The van der Waals surface area contributed by atoms with Crippen LogP contribution in [0.3, 0.4) is 0 Å². The molecule has 0 spiro atoms. The molecule has 1 heterocycles. The molecule has 3 rings (SSSR count). The predicted octanol–water partition coefficient (Wildman–Crippen LogP) is 4.32. The molecular formula is C16H12ClNO3. The van der Waals surface area contributed by atoms with Gasteiger partial charge in [-0.05, 0) is 49.4 Å². The third kappa shape index (κ3) is 2.76. The number of esters is 1. The molecule has 0 amide bonds. The van der Waals surface area contributed by atoms with Crippen molar-refractivity contribution in [2.75, 3.05) is 6.61 Å². The first kappa shape index (κ1) is 13.6. The molecule has 0 aliphatic carbocycles. The number of halogens is 1. The highest BCUT2D eigenvalue weighted by molar-refractivity contribution is 6.30. The highest BCUT2D eigenvalue weighted by Gasteiger charge is 2.12. The molecule has 0 atom stereocenters. The van der Waals surface area contributed by atoms with Crippen molar-refractivity contribution in [1.82, 2.24) is 4.98 Å². The molecule has 106 valence electrons. The molecule has 1 aromatic heterocycles. The summed E-state index contributed by atoms with van der Waals surface area (Å²) in [6.45, 7) is 2.11. The SMILES string of the molecule is CCOC(=O)c1ccc2oc(-c3ccc(Cl)cc3)nc2c1. The van der Waals surface area contributed by atoms with E-state index in [0.717, 1.165) is 5.56 Å². The Kier molecular flexibility index (Phi) is 3.62. The summed E-state index contributed by atoms with van der Waals surface area (Å²) in [6.07, 6.45) is 0. The second-order valence-corrected chi connectivity index (χ2v) is 4.87. The zero-order valence-electron chi connectivity index (χ0n) is 11.3. The fraction of sp³-hybridized carbons (Fsp3) is 0.125. The van der Waals surface area contributed by atoms with E-state index >= 15 is 0 Å². The number of benzene rings is 2. The van der Waals surface area contributed by atoms with Crippen LogP contribution in [0.4, 0.5) is 0 Å². The summed E-state index contributed by atoms with van der Waals surface area (Å²) < 4.78 is 10.7. The molecule has 5 heteroatoms. The van der Waals surface area contributed by atoms with Crippen molar-refractivity contribution in [3.05, 3.63) is 53.1 Å². The van der Waals surface area contributed by atoms with E-state index in [1.54, 1.807) is 37.3 Å². The molecule has 4 nitrogen and oxygen atoms in total. The van der Waals surface area contributed by atoms with E-state index in [1.807, 2.05) is 12.1 Å². The lowest BCUT2D eigenvalue weighted by Gasteiger charge is -2.00. The second kappa shape index (κ2) is 5.58. The van der Waals surface area contributed by atoms with Crippen LogP contribution in [0, 0.1) is 0 Å². The van der Waals surface area contributed by atoms with Crippen LogP contribution in [-0.4, -0.2) is 17.6 Å². The van der Waals surface area contributed by atoms with Gasteiger partial charge in [0.15, 0.2) is 5.58 Å². The first-order chi connectivity index (χ1) is 10.2. The fourth-order valence-electron chi connectivity index (χ4n) is 1.98. The van der Waals surface area contributed by atoms with Gasteiger partial charge in [-0.3, -0.25) is 0 Å². The van der Waals surface area contributed by atoms with Crippen LogP contribution in [0.25, 0.3) is 22.6 Å². The van der Waals surface area contributed by atoms with Crippen molar-refractivity contribution < 1.29 is 13.9 Å². The van der Waals surface area contributed by atoms with Crippen LogP contribution in [0.1, 0.15) is 17.3 Å². The number of carbonyl (C=O) groups excluding carboxylic acids is 1. The second-order valence-electron chi connectivity index (χ2n) is 4.43. The number of ether oxygens (including phenoxy) is 1. The molecular weight excluding hydrogens is 290 g/mol. The summed E-state index contributed by atoms with van der Waals surface area (Å²) in [5.41, 5.74) is 2.52. The Labute approximate surface area is 126 Å². The van der Waals surface area contributed by atoms with Gasteiger partial charge in [0.2, 0.25) is 5.89 Å². The Morgan fingerprint density at radius 3 is 2.71 bits per heavy atom. The monoisotopic (exact) mass is 301 g/mol. The summed E-state index contributed by atoms with van der Waals surface area (Å²) >= 11 is 5.86. The average Bonchev–Trinajstić information content (AvgIpc) is 2.91. The Morgan fingerprint density at radius 2 is 2.00 bits per heavy atom. The van der Waals surface area contributed by atoms with Gasteiger partial charge in [-0.15, -0.1) is 0 Å². The molecule has 3 aromatic rings. The minimum atomic E-state index is -0.365. The zero-order chi connectivity index (χ0) is 14.8.